The second-order valence-electron chi connectivity index (χ2n) is 7.11. The summed E-state index contributed by atoms with van der Waals surface area (Å²) in [5, 5.41) is 6.01. The first-order valence-electron chi connectivity index (χ1n) is 9.69. The van der Waals surface area contributed by atoms with Crippen molar-refractivity contribution in [3.8, 4) is 5.75 Å². The average molecular weight is 540 g/mol. The molecular formula is C20H21N5O7S3. The Morgan fingerprint density at radius 3 is 2.26 bits per heavy atom. The van der Waals surface area contributed by atoms with Crippen molar-refractivity contribution in [3.63, 3.8) is 0 Å². The van der Waals surface area contributed by atoms with Crippen LogP contribution in [-0.4, -0.2) is 52.9 Å². The van der Waals surface area contributed by atoms with Crippen LogP contribution in [0.25, 0.3) is 0 Å². The highest BCUT2D eigenvalue weighted by atomic mass is 32.2. The van der Waals surface area contributed by atoms with Crippen molar-refractivity contribution in [1.29, 1.82) is 0 Å². The summed E-state index contributed by atoms with van der Waals surface area (Å²) in [5.41, 5.74) is 6.13. The van der Waals surface area contributed by atoms with Crippen LogP contribution < -0.4 is 25.4 Å². The lowest BCUT2D eigenvalue weighted by molar-refractivity contribution is 0.0997. The number of carbonyl (C=O) groups excluding carboxylic acids is 2. The standard InChI is InChI=1S/C20H21N5O7S3/c1-32-15-9-5-13(6-10-15)22-20-23-16(17(21)26)19(33-20)24-18(27)12-3-7-14(8-4-12)25(34(28)29)11-35(2,30)31/h3-10,34H,11H2,1-2H3,(H2,21,26)(H,22,23)(H,24,27). The molecule has 186 valence electrons. The zero-order valence-corrected chi connectivity index (χ0v) is 20.9. The molecule has 12 nitrogen and oxygen atoms in total. The van der Waals surface area contributed by atoms with E-state index in [9.17, 15) is 26.4 Å². The topological polar surface area (TPSA) is 178 Å². The summed E-state index contributed by atoms with van der Waals surface area (Å²) in [7, 11) is -5.30. The van der Waals surface area contributed by atoms with E-state index >= 15 is 0 Å². The van der Waals surface area contributed by atoms with Crippen molar-refractivity contribution in [2.45, 2.75) is 0 Å². The fourth-order valence-electron chi connectivity index (χ4n) is 2.82. The minimum atomic E-state index is -3.62. The van der Waals surface area contributed by atoms with E-state index in [2.05, 4.69) is 15.6 Å². The van der Waals surface area contributed by atoms with E-state index in [1.54, 1.807) is 31.4 Å². The Bertz CT molecular complexity index is 1410. The molecule has 0 bridgehead atoms. The Morgan fingerprint density at radius 1 is 1.11 bits per heavy atom. The summed E-state index contributed by atoms with van der Waals surface area (Å²) < 4.78 is 51.7. The van der Waals surface area contributed by atoms with Crippen LogP contribution >= 0.6 is 11.3 Å². The van der Waals surface area contributed by atoms with E-state index < -0.39 is 38.4 Å². The molecule has 15 heteroatoms. The molecule has 2 aromatic carbocycles. The number of hydrogen-bond acceptors (Lipinski definition) is 10. The number of carbonyl (C=O) groups is 2. The molecular weight excluding hydrogens is 518 g/mol. The monoisotopic (exact) mass is 539 g/mol. The fourth-order valence-corrected chi connectivity index (χ4v) is 5.63. The van der Waals surface area contributed by atoms with Gasteiger partial charge in [-0.05, 0) is 48.5 Å². The molecule has 4 N–H and O–H groups in total. The lowest BCUT2D eigenvalue weighted by Crippen LogP contribution is -2.27. The Morgan fingerprint density at radius 2 is 1.74 bits per heavy atom. The summed E-state index contributed by atoms with van der Waals surface area (Å²) >= 11 is 0.993. The van der Waals surface area contributed by atoms with E-state index in [0.29, 0.717) is 20.9 Å². The van der Waals surface area contributed by atoms with Crippen molar-refractivity contribution in [2.75, 3.05) is 34.2 Å². The van der Waals surface area contributed by atoms with Crippen molar-refractivity contribution < 1.29 is 31.2 Å². The SMILES string of the molecule is COc1ccc(Nc2nc(C(N)=O)c(NC(=O)c3ccc(N(CS(C)(=O)=O)[SH](=O)=O)cc3)s2)cc1. The largest absolute Gasteiger partial charge is 0.497 e. The van der Waals surface area contributed by atoms with Gasteiger partial charge in [0.05, 0.1) is 12.8 Å². The number of methoxy groups -OCH3 is 1. The van der Waals surface area contributed by atoms with Crippen molar-refractivity contribution in [1.82, 2.24) is 4.98 Å². The third kappa shape index (κ3) is 6.91. The number of primary amides is 1. The van der Waals surface area contributed by atoms with Gasteiger partial charge in [-0.2, -0.15) is 0 Å². The van der Waals surface area contributed by atoms with E-state index in [1.165, 1.54) is 24.3 Å². The smallest absolute Gasteiger partial charge is 0.270 e. The highest BCUT2D eigenvalue weighted by molar-refractivity contribution is 7.91. The minimum Gasteiger partial charge on any atom is -0.497 e. The maximum atomic E-state index is 12.7. The number of nitrogens with zero attached hydrogens (tertiary/aromatic N) is 2. The highest BCUT2D eigenvalue weighted by Gasteiger charge is 2.20. The zero-order valence-electron chi connectivity index (χ0n) is 18.4. The first kappa shape index (κ1) is 25.9. The Hall–Kier alpha value is -3.69. The van der Waals surface area contributed by atoms with Crippen LogP contribution in [0.1, 0.15) is 20.8 Å². The van der Waals surface area contributed by atoms with Gasteiger partial charge < -0.3 is 21.1 Å². The van der Waals surface area contributed by atoms with E-state index in [0.717, 1.165) is 17.6 Å². The Labute approximate surface area is 206 Å². The number of ether oxygens (including phenoxy) is 1. The van der Waals surface area contributed by atoms with Gasteiger partial charge >= 0.3 is 0 Å². The second kappa shape index (κ2) is 10.7. The van der Waals surface area contributed by atoms with Gasteiger partial charge in [0.1, 0.15) is 16.6 Å². The summed E-state index contributed by atoms with van der Waals surface area (Å²) in [4.78, 5) is 28.7. The van der Waals surface area contributed by atoms with Crippen LogP contribution in [0.15, 0.2) is 48.5 Å². The number of rotatable bonds is 10. The molecule has 3 aromatic rings. The summed E-state index contributed by atoms with van der Waals surface area (Å²) in [6, 6.07) is 12.2. The Balaban J connectivity index is 1.79. The molecule has 0 aliphatic heterocycles. The van der Waals surface area contributed by atoms with Crippen LogP contribution in [0.2, 0.25) is 0 Å². The average Bonchev–Trinajstić information content (AvgIpc) is 3.19. The van der Waals surface area contributed by atoms with Crippen LogP contribution in [0, 0.1) is 0 Å². The van der Waals surface area contributed by atoms with Gasteiger partial charge in [0.15, 0.2) is 20.7 Å². The lowest BCUT2D eigenvalue weighted by atomic mass is 10.2. The van der Waals surface area contributed by atoms with Crippen molar-refractivity contribution >= 4 is 65.4 Å². The normalized spacial score (nSPS) is 11.2. The molecule has 0 saturated heterocycles. The summed E-state index contributed by atoms with van der Waals surface area (Å²) in [5.74, 6) is -1.53. The number of benzene rings is 2. The maximum absolute atomic E-state index is 12.7. The van der Waals surface area contributed by atoms with Gasteiger partial charge in [0, 0.05) is 17.5 Å². The molecule has 0 aliphatic rings. The molecule has 35 heavy (non-hydrogen) atoms. The molecule has 3 rings (SSSR count). The van der Waals surface area contributed by atoms with E-state index in [1.807, 2.05) is 0 Å². The summed E-state index contributed by atoms with van der Waals surface area (Å²) in [6.45, 7) is 0. The summed E-state index contributed by atoms with van der Waals surface area (Å²) in [6.07, 6.45) is 0.907. The molecule has 2 amide bonds. The molecule has 0 unspecified atom stereocenters. The quantitative estimate of drug-likeness (QED) is 0.278. The third-order valence-corrected chi connectivity index (χ3v) is 6.98. The molecule has 0 radical (unpaired) electrons. The molecule has 1 aromatic heterocycles. The van der Waals surface area contributed by atoms with Crippen LogP contribution in [-0.2, 0) is 20.7 Å². The van der Waals surface area contributed by atoms with Gasteiger partial charge in [-0.15, -0.1) is 0 Å². The maximum Gasteiger partial charge on any atom is 0.270 e. The van der Waals surface area contributed by atoms with Crippen LogP contribution in [0.3, 0.4) is 0 Å². The third-order valence-electron chi connectivity index (χ3n) is 4.41. The second-order valence-corrected chi connectivity index (χ2v) is 11.2. The molecule has 0 fully saturated rings. The molecule has 0 saturated carbocycles. The number of amides is 2. The number of sulfone groups is 1. The Kier molecular flexibility index (Phi) is 7.93. The first-order chi connectivity index (χ1) is 16.5. The number of nitrogens with two attached hydrogens (primary N) is 1. The predicted molar refractivity (Wildman–Crippen MR) is 134 cm³/mol. The molecule has 0 atom stereocenters. The van der Waals surface area contributed by atoms with E-state index in [-0.39, 0.29) is 21.9 Å². The van der Waals surface area contributed by atoms with E-state index in [4.69, 9.17) is 10.5 Å². The van der Waals surface area contributed by atoms with Crippen molar-refractivity contribution in [3.05, 3.63) is 59.8 Å². The number of aromatic nitrogens is 1. The number of nitrogens with one attached hydrogen (secondary N) is 2. The van der Waals surface area contributed by atoms with Crippen LogP contribution in [0.4, 0.5) is 21.5 Å². The molecule has 0 spiro atoms. The van der Waals surface area contributed by atoms with Gasteiger partial charge in [0.2, 0.25) is 10.9 Å². The van der Waals surface area contributed by atoms with Gasteiger partial charge in [-0.1, -0.05) is 11.3 Å². The van der Waals surface area contributed by atoms with Crippen molar-refractivity contribution in [2.24, 2.45) is 5.73 Å². The number of hydrogen-bond donors (Lipinski definition) is 4. The number of anilines is 4. The fraction of sp³-hybridized carbons (Fsp3) is 0.150. The predicted octanol–water partition coefficient (Wildman–Crippen LogP) is 1.58. The number of thiol groups is 1. The van der Waals surface area contributed by atoms with Gasteiger partial charge in [-0.25, -0.2) is 21.8 Å². The van der Waals surface area contributed by atoms with Gasteiger partial charge in [-0.3, -0.25) is 13.9 Å². The number of thiazole rings is 1. The molecule has 0 aliphatic carbocycles. The van der Waals surface area contributed by atoms with Crippen LogP contribution in [0.5, 0.6) is 5.75 Å². The highest BCUT2D eigenvalue weighted by Crippen LogP contribution is 2.31. The lowest BCUT2D eigenvalue weighted by Gasteiger charge is -2.16. The minimum absolute atomic E-state index is 0.0738. The zero-order chi connectivity index (χ0) is 25.8. The van der Waals surface area contributed by atoms with Gasteiger partial charge in [0.25, 0.3) is 11.8 Å². The molecule has 1 heterocycles. The first-order valence-corrected chi connectivity index (χ1v) is 13.7.